The van der Waals surface area contributed by atoms with Crippen LogP contribution in [-0.2, 0) is 4.79 Å². The summed E-state index contributed by atoms with van der Waals surface area (Å²) in [6.45, 7) is 3.13. The zero-order chi connectivity index (χ0) is 10.7. The van der Waals surface area contributed by atoms with Crippen molar-refractivity contribution in [3.8, 4) is 0 Å². The zero-order valence-electron chi connectivity index (χ0n) is 9.11. The van der Waals surface area contributed by atoms with E-state index < -0.39 is 11.9 Å². The van der Waals surface area contributed by atoms with E-state index in [0.717, 1.165) is 0 Å². The van der Waals surface area contributed by atoms with Crippen molar-refractivity contribution in [1.29, 1.82) is 0 Å². The Morgan fingerprint density at radius 1 is 1.27 bits per heavy atom. The van der Waals surface area contributed by atoms with Crippen LogP contribution in [0.3, 0.4) is 0 Å². The number of carbonyl (C=O) groups is 2. The van der Waals surface area contributed by atoms with Gasteiger partial charge in [0, 0.05) is 11.5 Å². The molecule has 0 spiro atoms. The van der Waals surface area contributed by atoms with Crippen molar-refractivity contribution in [2.45, 2.75) is 19.8 Å². The number of ketones is 1. The van der Waals surface area contributed by atoms with Gasteiger partial charge in [-0.15, -0.1) is 0 Å². The van der Waals surface area contributed by atoms with Crippen molar-refractivity contribution in [3.63, 3.8) is 0 Å². The van der Waals surface area contributed by atoms with Gasteiger partial charge in [0.15, 0.2) is 0 Å². The first-order valence-corrected chi connectivity index (χ1v) is 4.34. The molecule has 0 aliphatic rings. The molecule has 0 saturated carbocycles. The first-order chi connectivity index (χ1) is 6.54. The van der Waals surface area contributed by atoms with Crippen molar-refractivity contribution >= 4 is 11.8 Å². The molecule has 1 aromatic carbocycles. The van der Waals surface area contributed by atoms with Crippen molar-refractivity contribution in [2.24, 2.45) is 0 Å². The molecule has 0 fully saturated rings. The Bertz CT molecular complexity index is 374. The maximum absolute atomic E-state index is 11.1. The molecular weight excluding hydrogens is 203 g/mol. The van der Waals surface area contributed by atoms with Gasteiger partial charge in [-0.05, 0) is 12.5 Å². The van der Waals surface area contributed by atoms with E-state index >= 15 is 0 Å². The summed E-state index contributed by atoms with van der Waals surface area (Å²) in [5.41, 5.74) is 0.607. The van der Waals surface area contributed by atoms with Gasteiger partial charge in [-0.1, -0.05) is 31.2 Å². The van der Waals surface area contributed by atoms with Gasteiger partial charge in [-0.3, -0.25) is 4.79 Å². The maximum atomic E-state index is 11.1. The Kier molecular flexibility index (Phi) is 5.80. The van der Waals surface area contributed by atoms with Crippen molar-refractivity contribution in [3.05, 3.63) is 35.4 Å². The van der Waals surface area contributed by atoms with Gasteiger partial charge in [0.2, 0.25) is 0 Å². The topological polar surface area (TPSA) is 57.2 Å². The molecule has 0 bridgehead atoms. The summed E-state index contributed by atoms with van der Waals surface area (Å²) in [5.74, 6) is -1.70. The Labute approximate surface area is 111 Å². The largest absolute Gasteiger partial charge is 1.00 e. The van der Waals surface area contributed by atoms with Gasteiger partial charge in [-0.25, -0.2) is 0 Å². The van der Waals surface area contributed by atoms with Crippen LogP contribution in [0.4, 0.5) is 0 Å². The molecule has 1 aromatic rings. The van der Waals surface area contributed by atoms with Gasteiger partial charge in [-0.2, -0.15) is 0 Å². The minimum atomic E-state index is -1.24. The van der Waals surface area contributed by atoms with Crippen molar-refractivity contribution < 1.29 is 44.3 Å². The van der Waals surface area contributed by atoms with E-state index in [1.54, 1.807) is 25.1 Å². The van der Waals surface area contributed by atoms with E-state index in [9.17, 15) is 14.7 Å². The van der Waals surface area contributed by atoms with Crippen LogP contribution in [0.5, 0.6) is 0 Å². The maximum Gasteiger partial charge on any atom is 1.00 e. The molecule has 4 heteroatoms. The SMILES string of the molecule is CC(=O)C(C)c1ccccc1C(=O)[O-].[Na+]. The average Bonchev–Trinajstić information content (AvgIpc) is 2.16. The first-order valence-electron chi connectivity index (χ1n) is 4.34. The second kappa shape index (κ2) is 6.05. The summed E-state index contributed by atoms with van der Waals surface area (Å²) < 4.78 is 0. The Morgan fingerprint density at radius 3 is 2.27 bits per heavy atom. The molecule has 0 aliphatic carbocycles. The number of carboxylic acid groups (broad SMARTS) is 1. The molecule has 0 aromatic heterocycles. The molecule has 0 saturated heterocycles. The average molecular weight is 214 g/mol. The fourth-order valence-electron chi connectivity index (χ4n) is 1.28. The molecule has 0 heterocycles. The molecule has 0 amide bonds. The summed E-state index contributed by atoms with van der Waals surface area (Å²) >= 11 is 0. The van der Waals surface area contributed by atoms with Crippen LogP contribution >= 0.6 is 0 Å². The number of Topliss-reactive ketones (excluding diaryl/α,β-unsaturated/α-hetero) is 1. The minimum Gasteiger partial charge on any atom is -0.545 e. The van der Waals surface area contributed by atoms with E-state index in [0.29, 0.717) is 5.56 Å². The third-order valence-corrected chi connectivity index (χ3v) is 2.26. The van der Waals surface area contributed by atoms with Crippen molar-refractivity contribution in [2.75, 3.05) is 0 Å². The fraction of sp³-hybridized carbons (Fsp3) is 0.273. The molecule has 1 unspecified atom stereocenters. The molecule has 0 radical (unpaired) electrons. The number of hydrogen-bond acceptors (Lipinski definition) is 3. The molecular formula is C11H11NaO3. The monoisotopic (exact) mass is 214 g/mol. The Balaban J connectivity index is 0.00000196. The third-order valence-electron chi connectivity index (χ3n) is 2.26. The molecule has 15 heavy (non-hydrogen) atoms. The van der Waals surface area contributed by atoms with Crippen LogP contribution in [0, 0.1) is 0 Å². The molecule has 1 atom stereocenters. The first kappa shape index (κ1) is 14.4. The molecule has 1 rings (SSSR count). The number of carboxylic acids is 1. The van der Waals surface area contributed by atoms with Crippen LogP contribution in [0.1, 0.15) is 35.7 Å². The second-order valence-electron chi connectivity index (χ2n) is 3.21. The number of benzene rings is 1. The van der Waals surface area contributed by atoms with E-state index in [4.69, 9.17) is 0 Å². The molecule has 0 N–H and O–H groups in total. The van der Waals surface area contributed by atoms with Gasteiger partial charge in [0.05, 0.1) is 5.97 Å². The number of aromatic carboxylic acids is 1. The van der Waals surface area contributed by atoms with Crippen LogP contribution < -0.4 is 34.7 Å². The smallest absolute Gasteiger partial charge is 0.545 e. The van der Waals surface area contributed by atoms with Crippen LogP contribution in [0.25, 0.3) is 0 Å². The van der Waals surface area contributed by atoms with Crippen LogP contribution in [-0.4, -0.2) is 11.8 Å². The number of hydrogen-bond donors (Lipinski definition) is 0. The van der Waals surface area contributed by atoms with Crippen LogP contribution in [0.2, 0.25) is 0 Å². The van der Waals surface area contributed by atoms with Crippen molar-refractivity contribution in [1.82, 2.24) is 0 Å². The standard InChI is InChI=1S/C11H12O3.Na/c1-7(8(2)12)9-5-3-4-6-10(9)11(13)14;/h3-7H,1-2H3,(H,13,14);/q;+1/p-1. The summed E-state index contributed by atoms with van der Waals surface area (Å²) in [6, 6.07) is 6.41. The van der Waals surface area contributed by atoms with E-state index in [-0.39, 0.29) is 40.9 Å². The number of rotatable bonds is 3. The summed E-state index contributed by atoms with van der Waals surface area (Å²) in [4.78, 5) is 21.8. The molecule has 3 nitrogen and oxygen atoms in total. The summed E-state index contributed by atoms with van der Waals surface area (Å²) in [7, 11) is 0. The minimum absolute atomic E-state index is 0. The van der Waals surface area contributed by atoms with Crippen LogP contribution in [0.15, 0.2) is 24.3 Å². The Hall–Kier alpha value is -0.640. The summed E-state index contributed by atoms with van der Waals surface area (Å²) in [5, 5.41) is 10.7. The fourth-order valence-corrected chi connectivity index (χ4v) is 1.28. The van der Waals surface area contributed by atoms with E-state index in [1.165, 1.54) is 13.0 Å². The zero-order valence-corrected chi connectivity index (χ0v) is 11.1. The van der Waals surface area contributed by atoms with Gasteiger partial charge >= 0.3 is 29.6 Å². The van der Waals surface area contributed by atoms with E-state index in [1.807, 2.05) is 0 Å². The quantitative estimate of drug-likeness (QED) is 0.534. The summed E-state index contributed by atoms with van der Waals surface area (Å²) in [6.07, 6.45) is 0. The molecule has 0 aliphatic heterocycles. The Morgan fingerprint density at radius 2 is 1.80 bits per heavy atom. The van der Waals surface area contributed by atoms with Gasteiger partial charge < -0.3 is 9.90 Å². The predicted octanol–water partition coefficient (Wildman–Crippen LogP) is -2.25. The molecule has 74 valence electrons. The third kappa shape index (κ3) is 3.45. The van der Waals surface area contributed by atoms with Gasteiger partial charge in [0.25, 0.3) is 0 Å². The normalized spacial score (nSPS) is 11.3. The number of carbonyl (C=O) groups excluding carboxylic acids is 2. The predicted molar refractivity (Wildman–Crippen MR) is 49.9 cm³/mol. The van der Waals surface area contributed by atoms with Gasteiger partial charge in [0.1, 0.15) is 5.78 Å². The van der Waals surface area contributed by atoms with E-state index in [2.05, 4.69) is 0 Å². The second-order valence-corrected chi connectivity index (χ2v) is 3.21.